The number of rotatable bonds is 9. The zero-order valence-electron chi connectivity index (χ0n) is 15.3. The molecule has 0 spiro atoms. The molecule has 0 aliphatic rings. The number of methoxy groups -OCH3 is 1. The lowest BCUT2D eigenvalue weighted by molar-refractivity contribution is 0.102. The molecule has 1 amide bonds. The molecular formula is C20H24ClNO4. The molecule has 0 radical (unpaired) electrons. The van der Waals surface area contributed by atoms with Crippen LogP contribution in [0.3, 0.4) is 0 Å². The summed E-state index contributed by atoms with van der Waals surface area (Å²) in [4.78, 5) is 12.5. The Bertz CT molecular complexity index is 731. The second kappa shape index (κ2) is 9.92. The second-order valence-corrected chi connectivity index (χ2v) is 6.01. The van der Waals surface area contributed by atoms with Crippen LogP contribution in [0, 0.1) is 0 Å². The van der Waals surface area contributed by atoms with E-state index in [0.717, 1.165) is 18.6 Å². The number of carbonyl (C=O) groups is 1. The van der Waals surface area contributed by atoms with Crippen LogP contribution in [0.25, 0.3) is 0 Å². The maximum absolute atomic E-state index is 12.5. The molecule has 0 fully saturated rings. The van der Waals surface area contributed by atoms with Crippen LogP contribution in [-0.4, -0.2) is 26.2 Å². The summed E-state index contributed by atoms with van der Waals surface area (Å²) in [6.45, 7) is 5.14. The monoisotopic (exact) mass is 377 g/mol. The molecule has 0 saturated carbocycles. The van der Waals surface area contributed by atoms with E-state index in [9.17, 15) is 4.79 Å². The quantitative estimate of drug-likeness (QED) is 0.612. The fraction of sp³-hybridized carbons (Fsp3) is 0.350. The van der Waals surface area contributed by atoms with Gasteiger partial charge in [-0.1, -0.05) is 24.9 Å². The lowest BCUT2D eigenvalue weighted by Crippen LogP contribution is -2.12. The van der Waals surface area contributed by atoms with Crippen molar-refractivity contribution in [1.29, 1.82) is 0 Å². The Hall–Kier alpha value is -2.40. The summed E-state index contributed by atoms with van der Waals surface area (Å²) >= 11 is 6.29. The maximum Gasteiger partial charge on any atom is 0.255 e. The van der Waals surface area contributed by atoms with Gasteiger partial charge in [-0.3, -0.25) is 4.79 Å². The van der Waals surface area contributed by atoms with E-state index in [-0.39, 0.29) is 5.91 Å². The molecule has 1 N–H and O–H groups in total. The van der Waals surface area contributed by atoms with Crippen molar-refractivity contribution < 1.29 is 19.0 Å². The normalized spacial score (nSPS) is 10.3. The highest BCUT2D eigenvalue weighted by atomic mass is 35.5. The summed E-state index contributed by atoms with van der Waals surface area (Å²) < 4.78 is 16.4. The van der Waals surface area contributed by atoms with Gasteiger partial charge >= 0.3 is 0 Å². The van der Waals surface area contributed by atoms with Gasteiger partial charge in [0, 0.05) is 11.3 Å². The zero-order valence-corrected chi connectivity index (χ0v) is 16.1. The molecule has 0 heterocycles. The fourth-order valence-electron chi connectivity index (χ4n) is 2.31. The summed E-state index contributed by atoms with van der Waals surface area (Å²) in [5, 5.41) is 3.17. The molecule has 6 heteroatoms. The van der Waals surface area contributed by atoms with Crippen LogP contribution in [0.5, 0.6) is 17.2 Å². The molecular weight excluding hydrogens is 354 g/mol. The van der Waals surface area contributed by atoms with Crippen LogP contribution < -0.4 is 19.5 Å². The van der Waals surface area contributed by atoms with E-state index in [2.05, 4.69) is 12.2 Å². The summed E-state index contributed by atoms with van der Waals surface area (Å²) in [7, 11) is 1.52. The average molecular weight is 378 g/mol. The van der Waals surface area contributed by atoms with Crippen molar-refractivity contribution in [1.82, 2.24) is 0 Å². The summed E-state index contributed by atoms with van der Waals surface area (Å²) in [6, 6.07) is 10.4. The smallest absolute Gasteiger partial charge is 0.255 e. The minimum absolute atomic E-state index is 0.283. The van der Waals surface area contributed by atoms with Gasteiger partial charge in [-0.2, -0.15) is 0 Å². The van der Waals surface area contributed by atoms with Crippen LogP contribution in [0.4, 0.5) is 5.69 Å². The predicted octanol–water partition coefficient (Wildman–Crippen LogP) is 5.18. The molecule has 26 heavy (non-hydrogen) atoms. The number of unbranched alkanes of at least 4 members (excludes halogenated alkanes) is 1. The standard InChI is InChI=1S/C20H24ClNO4/c1-4-6-11-26-19-17(21)12-14(13-18(19)24-3)20(23)22-15-7-9-16(10-8-15)25-5-2/h7-10,12-13H,4-6,11H2,1-3H3,(H,22,23). The average Bonchev–Trinajstić information content (AvgIpc) is 2.64. The minimum Gasteiger partial charge on any atom is -0.494 e. The number of benzene rings is 2. The molecule has 0 aliphatic heterocycles. The molecule has 2 aromatic rings. The first-order valence-corrected chi connectivity index (χ1v) is 9.01. The summed E-state index contributed by atoms with van der Waals surface area (Å²) in [5.41, 5.74) is 1.06. The number of anilines is 1. The zero-order chi connectivity index (χ0) is 18.9. The van der Waals surface area contributed by atoms with Crippen LogP contribution in [0.15, 0.2) is 36.4 Å². The Morgan fingerprint density at radius 2 is 1.85 bits per heavy atom. The third-order valence-electron chi connectivity index (χ3n) is 3.66. The molecule has 0 bridgehead atoms. The molecule has 5 nitrogen and oxygen atoms in total. The van der Waals surface area contributed by atoms with Crippen LogP contribution >= 0.6 is 11.6 Å². The third-order valence-corrected chi connectivity index (χ3v) is 3.94. The summed E-state index contributed by atoms with van der Waals surface area (Å²) in [6.07, 6.45) is 1.93. The van der Waals surface area contributed by atoms with Gasteiger partial charge < -0.3 is 19.5 Å². The number of ether oxygens (including phenoxy) is 3. The van der Waals surface area contributed by atoms with E-state index in [1.54, 1.807) is 36.4 Å². The van der Waals surface area contributed by atoms with Crippen molar-refractivity contribution in [3.05, 3.63) is 47.0 Å². The first-order chi connectivity index (χ1) is 12.6. The van der Waals surface area contributed by atoms with Crippen molar-refractivity contribution in [2.75, 3.05) is 25.6 Å². The van der Waals surface area contributed by atoms with Gasteiger partial charge in [0.1, 0.15) is 5.75 Å². The van der Waals surface area contributed by atoms with E-state index in [1.807, 2.05) is 6.92 Å². The van der Waals surface area contributed by atoms with Gasteiger partial charge in [-0.25, -0.2) is 0 Å². The SMILES string of the molecule is CCCCOc1c(Cl)cc(C(=O)Nc2ccc(OCC)cc2)cc1OC. The van der Waals surface area contributed by atoms with E-state index >= 15 is 0 Å². The Labute approximate surface area is 159 Å². The van der Waals surface area contributed by atoms with Gasteiger partial charge in [-0.15, -0.1) is 0 Å². The number of hydrogen-bond donors (Lipinski definition) is 1. The maximum atomic E-state index is 12.5. The van der Waals surface area contributed by atoms with E-state index in [4.69, 9.17) is 25.8 Å². The Morgan fingerprint density at radius 1 is 1.12 bits per heavy atom. The third kappa shape index (κ3) is 5.30. The number of carbonyl (C=O) groups excluding carboxylic acids is 1. The summed E-state index contributed by atoms with van der Waals surface area (Å²) in [5.74, 6) is 1.36. The van der Waals surface area contributed by atoms with Crippen molar-refractivity contribution in [3.63, 3.8) is 0 Å². The van der Waals surface area contributed by atoms with Crippen molar-refractivity contribution >= 4 is 23.2 Å². The minimum atomic E-state index is -0.283. The van der Waals surface area contributed by atoms with Gasteiger partial charge in [0.2, 0.25) is 0 Å². The fourth-order valence-corrected chi connectivity index (χ4v) is 2.58. The topological polar surface area (TPSA) is 56.8 Å². The Morgan fingerprint density at radius 3 is 2.46 bits per heavy atom. The largest absolute Gasteiger partial charge is 0.494 e. The van der Waals surface area contributed by atoms with Gasteiger partial charge in [0.15, 0.2) is 11.5 Å². The molecule has 0 aliphatic carbocycles. The highest BCUT2D eigenvalue weighted by molar-refractivity contribution is 6.32. The van der Waals surface area contributed by atoms with E-state index in [0.29, 0.717) is 41.0 Å². The molecule has 0 aromatic heterocycles. The molecule has 2 rings (SSSR count). The number of hydrogen-bond acceptors (Lipinski definition) is 4. The first kappa shape index (κ1) is 19.9. The van der Waals surface area contributed by atoms with Crippen LogP contribution in [0.1, 0.15) is 37.0 Å². The first-order valence-electron chi connectivity index (χ1n) is 8.63. The molecule has 0 saturated heterocycles. The highest BCUT2D eigenvalue weighted by Gasteiger charge is 2.16. The van der Waals surface area contributed by atoms with Crippen molar-refractivity contribution in [3.8, 4) is 17.2 Å². The Kier molecular flexibility index (Phi) is 7.60. The second-order valence-electron chi connectivity index (χ2n) is 5.60. The van der Waals surface area contributed by atoms with Crippen LogP contribution in [0.2, 0.25) is 5.02 Å². The van der Waals surface area contributed by atoms with Crippen molar-refractivity contribution in [2.45, 2.75) is 26.7 Å². The lowest BCUT2D eigenvalue weighted by atomic mass is 10.1. The number of nitrogens with one attached hydrogen (secondary N) is 1. The van der Waals surface area contributed by atoms with Crippen molar-refractivity contribution in [2.24, 2.45) is 0 Å². The van der Waals surface area contributed by atoms with Gasteiger partial charge in [0.05, 0.1) is 25.3 Å². The lowest BCUT2D eigenvalue weighted by Gasteiger charge is -2.14. The molecule has 0 unspecified atom stereocenters. The van der Waals surface area contributed by atoms with E-state index in [1.165, 1.54) is 7.11 Å². The Balaban J connectivity index is 2.14. The number of halogens is 1. The number of amides is 1. The predicted molar refractivity (Wildman–Crippen MR) is 104 cm³/mol. The van der Waals surface area contributed by atoms with Gasteiger partial charge in [0.25, 0.3) is 5.91 Å². The van der Waals surface area contributed by atoms with Crippen LogP contribution in [-0.2, 0) is 0 Å². The molecule has 0 atom stereocenters. The van der Waals surface area contributed by atoms with Gasteiger partial charge in [-0.05, 0) is 49.7 Å². The molecule has 2 aromatic carbocycles. The molecule has 140 valence electrons. The highest BCUT2D eigenvalue weighted by Crippen LogP contribution is 2.36. The van der Waals surface area contributed by atoms with E-state index < -0.39 is 0 Å².